The van der Waals surface area contributed by atoms with Gasteiger partial charge in [0.05, 0.1) is 0 Å². The molecule has 0 atom stereocenters. The summed E-state index contributed by atoms with van der Waals surface area (Å²) in [7, 11) is 0. The second-order valence-corrected chi connectivity index (χ2v) is 6.28. The number of rotatable bonds is 5. The molecule has 1 fully saturated rings. The van der Waals surface area contributed by atoms with Gasteiger partial charge in [-0.3, -0.25) is 0 Å². The van der Waals surface area contributed by atoms with Crippen molar-refractivity contribution >= 4 is 15.9 Å². The Balaban J connectivity index is 1.66. The van der Waals surface area contributed by atoms with Crippen molar-refractivity contribution in [2.24, 2.45) is 5.92 Å². The highest BCUT2D eigenvalue weighted by Crippen LogP contribution is 2.23. The third-order valence-corrected chi connectivity index (χ3v) is 4.11. The molecule has 2 nitrogen and oxygen atoms in total. The molecule has 0 spiro atoms. The van der Waals surface area contributed by atoms with E-state index >= 15 is 0 Å². The maximum absolute atomic E-state index is 13.1. The van der Waals surface area contributed by atoms with Crippen molar-refractivity contribution < 1.29 is 9.13 Å². The highest BCUT2D eigenvalue weighted by atomic mass is 79.9. The second kappa shape index (κ2) is 7.25. The molecule has 1 aromatic carbocycles. The molecule has 0 bridgehead atoms. The van der Waals surface area contributed by atoms with Gasteiger partial charge in [0, 0.05) is 23.1 Å². The van der Waals surface area contributed by atoms with E-state index in [1.54, 1.807) is 6.07 Å². The zero-order valence-electron chi connectivity index (χ0n) is 11.3. The van der Waals surface area contributed by atoms with E-state index in [2.05, 4.69) is 28.2 Å². The van der Waals surface area contributed by atoms with Crippen LogP contribution in [0.1, 0.15) is 32.6 Å². The van der Waals surface area contributed by atoms with E-state index in [9.17, 15) is 4.39 Å². The van der Waals surface area contributed by atoms with E-state index in [0.29, 0.717) is 22.9 Å². The zero-order chi connectivity index (χ0) is 13.7. The molecule has 106 valence electrons. The van der Waals surface area contributed by atoms with E-state index in [4.69, 9.17) is 4.74 Å². The van der Waals surface area contributed by atoms with Crippen LogP contribution in [0.15, 0.2) is 22.7 Å². The minimum Gasteiger partial charge on any atom is -0.492 e. The molecular formula is C15H21BrFNO. The average molecular weight is 330 g/mol. The summed E-state index contributed by atoms with van der Waals surface area (Å²) in [5.41, 5.74) is 0. The van der Waals surface area contributed by atoms with Crippen LogP contribution >= 0.6 is 15.9 Å². The molecule has 0 aliphatic heterocycles. The van der Waals surface area contributed by atoms with Crippen molar-refractivity contribution in [3.8, 4) is 5.75 Å². The van der Waals surface area contributed by atoms with E-state index in [1.807, 2.05) is 0 Å². The molecule has 1 N–H and O–H groups in total. The lowest BCUT2D eigenvalue weighted by atomic mass is 9.87. The smallest absolute Gasteiger partial charge is 0.128 e. The predicted molar refractivity (Wildman–Crippen MR) is 79.0 cm³/mol. The van der Waals surface area contributed by atoms with Crippen LogP contribution in [0, 0.1) is 11.7 Å². The van der Waals surface area contributed by atoms with Crippen LogP contribution in [0.2, 0.25) is 0 Å². The number of halogens is 2. The number of hydrogen-bond donors (Lipinski definition) is 1. The Kier molecular flexibility index (Phi) is 5.64. The van der Waals surface area contributed by atoms with Crippen LogP contribution < -0.4 is 10.1 Å². The maximum Gasteiger partial charge on any atom is 0.128 e. The normalized spacial score (nSPS) is 23.3. The van der Waals surface area contributed by atoms with E-state index in [1.165, 1.54) is 37.8 Å². The molecule has 1 aliphatic carbocycles. The second-order valence-electron chi connectivity index (χ2n) is 5.36. The van der Waals surface area contributed by atoms with Crippen molar-refractivity contribution in [3.63, 3.8) is 0 Å². The molecule has 0 unspecified atom stereocenters. The maximum atomic E-state index is 13.1. The summed E-state index contributed by atoms with van der Waals surface area (Å²) >= 11 is 3.25. The van der Waals surface area contributed by atoms with Crippen LogP contribution in [0.3, 0.4) is 0 Å². The monoisotopic (exact) mass is 329 g/mol. The van der Waals surface area contributed by atoms with Gasteiger partial charge < -0.3 is 10.1 Å². The first-order valence-electron chi connectivity index (χ1n) is 6.96. The summed E-state index contributed by atoms with van der Waals surface area (Å²) in [4.78, 5) is 0. The topological polar surface area (TPSA) is 21.3 Å². The number of hydrogen-bond acceptors (Lipinski definition) is 2. The largest absolute Gasteiger partial charge is 0.492 e. The van der Waals surface area contributed by atoms with Gasteiger partial charge in [-0.2, -0.15) is 0 Å². The Bertz CT molecular complexity index is 385. The first-order chi connectivity index (χ1) is 9.13. The summed E-state index contributed by atoms with van der Waals surface area (Å²) < 4.78 is 19.4. The molecule has 0 radical (unpaired) electrons. The molecule has 0 amide bonds. The van der Waals surface area contributed by atoms with Gasteiger partial charge in [-0.05, 0) is 43.7 Å². The molecule has 0 saturated heterocycles. The van der Waals surface area contributed by atoms with Gasteiger partial charge in [-0.1, -0.05) is 22.9 Å². The van der Waals surface area contributed by atoms with Gasteiger partial charge >= 0.3 is 0 Å². The van der Waals surface area contributed by atoms with Gasteiger partial charge in [-0.25, -0.2) is 4.39 Å². The lowest BCUT2D eigenvalue weighted by Gasteiger charge is -2.27. The number of ether oxygens (including phenoxy) is 1. The zero-order valence-corrected chi connectivity index (χ0v) is 12.9. The molecular weight excluding hydrogens is 309 g/mol. The molecule has 1 aliphatic rings. The van der Waals surface area contributed by atoms with Gasteiger partial charge in [0.1, 0.15) is 18.2 Å². The number of nitrogens with one attached hydrogen (secondary N) is 1. The van der Waals surface area contributed by atoms with Gasteiger partial charge in [-0.15, -0.1) is 0 Å². The fourth-order valence-electron chi connectivity index (χ4n) is 2.51. The van der Waals surface area contributed by atoms with Crippen LogP contribution in [0.4, 0.5) is 4.39 Å². The third kappa shape index (κ3) is 5.11. The van der Waals surface area contributed by atoms with Crippen molar-refractivity contribution in [1.29, 1.82) is 0 Å². The molecule has 2 rings (SSSR count). The fourth-order valence-corrected chi connectivity index (χ4v) is 2.95. The Morgan fingerprint density at radius 3 is 2.68 bits per heavy atom. The van der Waals surface area contributed by atoms with Crippen molar-refractivity contribution in [1.82, 2.24) is 5.32 Å². The average Bonchev–Trinajstić information content (AvgIpc) is 2.36. The van der Waals surface area contributed by atoms with Crippen molar-refractivity contribution in [3.05, 3.63) is 28.5 Å². The van der Waals surface area contributed by atoms with Crippen molar-refractivity contribution in [2.45, 2.75) is 38.6 Å². The van der Waals surface area contributed by atoms with E-state index < -0.39 is 0 Å². The molecule has 0 aromatic heterocycles. The first-order valence-corrected chi connectivity index (χ1v) is 7.75. The van der Waals surface area contributed by atoms with Crippen molar-refractivity contribution in [2.75, 3.05) is 13.2 Å². The fraction of sp³-hybridized carbons (Fsp3) is 0.600. The summed E-state index contributed by atoms with van der Waals surface area (Å²) in [6.07, 6.45) is 5.14. The van der Waals surface area contributed by atoms with E-state index in [0.717, 1.165) is 12.5 Å². The Morgan fingerprint density at radius 2 is 2.00 bits per heavy atom. The Hall–Kier alpha value is -0.610. The molecule has 1 saturated carbocycles. The standard InChI is InChI=1S/C15H21BrFNO/c1-11-2-4-14(5-3-11)18-6-7-19-15-9-12(16)8-13(17)10-15/h8-11,14,18H,2-7H2,1H3. The van der Waals surface area contributed by atoms with Crippen LogP contribution in [0.5, 0.6) is 5.75 Å². The minimum atomic E-state index is -0.279. The highest BCUT2D eigenvalue weighted by Gasteiger charge is 2.17. The van der Waals surface area contributed by atoms with Gasteiger partial charge in [0.15, 0.2) is 0 Å². The molecule has 0 heterocycles. The third-order valence-electron chi connectivity index (χ3n) is 3.66. The molecule has 19 heavy (non-hydrogen) atoms. The summed E-state index contributed by atoms with van der Waals surface area (Å²) in [5.74, 6) is 1.17. The lowest BCUT2D eigenvalue weighted by Crippen LogP contribution is -2.35. The van der Waals surface area contributed by atoms with Crippen LogP contribution in [0.25, 0.3) is 0 Å². The van der Waals surface area contributed by atoms with Crippen LogP contribution in [-0.4, -0.2) is 19.2 Å². The number of benzene rings is 1. The minimum absolute atomic E-state index is 0.279. The Labute approximate surface area is 122 Å². The first kappa shape index (κ1) is 14.8. The summed E-state index contributed by atoms with van der Waals surface area (Å²) in [5, 5.41) is 3.51. The summed E-state index contributed by atoms with van der Waals surface area (Å²) in [6.45, 7) is 3.70. The van der Waals surface area contributed by atoms with Gasteiger partial charge in [0.25, 0.3) is 0 Å². The lowest BCUT2D eigenvalue weighted by molar-refractivity contribution is 0.270. The molecule has 1 aromatic rings. The predicted octanol–water partition coefficient (Wildman–Crippen LogP) is 4.14. The van der Waals surface area contributed by atoms with Gasteiger partial charge in [0.2, 0.25) is 0 Å². The summed E-state index contributed by atoms with van der Waals surface area (Å²) in [6, 6.07) is 5.24. The quantitative estimate of drug-likeness (QED) is 0.820. The van der Waals surface area contributed by atoms with Crippen LogP contribution in [-0.2, 0) is 0 Å². The SMILES string of the molecule is CC1CCC(NCCOc2cc(F)cc(Br)c2)CC1. The van der Waals surface area contributed by atoms with E-state index in [-0.39, 0.29) is 5.82 Å². The highest BCUT2D eigenvalue weighted by molar-refractivity contribution is 9.10. The Morgan fingerprint density at radius 1 is 1.26 bits per heavy atom. The molecule has 4 heteroatoms.